The number of non-ortho nitro benzene ring substituents is 1. The maximum absolute atomic E-state index is 11.6. The Morgan fingerprint density at radius 1 is 1.42 bits per heavy atom. The first kappa shape index (κ1) is 14.6. The molecule has 5 heteroatoms. The van der Waals surface area contributed by atoms with Crippen LogP contribution in [0.25, 0.3) is 6.08 Å². The molecule has 0 atom stereocenters. The van der Waals surface area contributed by atoms with Crippen molar-refractivity contribution in [3.8, 4) is 0 Å². The Bertz CT molecular complexity index is 503. The van der Waals surface area contributed by atoms with Gasteiger partial charge in [0.15, 0.2) is 0 Å². The molecule has 0 aliphatic heterocycles. The lowest BCUT2D eigenvalue weighted by atomic mass is 10.1. The Kier molecular flexibility index (Phi) is 5.47. The van der Waals surface area contributed by atoms with Crippen molar-refractivity contribution in [3.05, 3.63) is 58.2 Å². The second kappa shape index (κ2) is 7.10. The van der Waals surface area contributed by atoms with Crippen LogP contribution in [0.2, 0.25) is 0 Å². The molecule has 0 unspecified atom stereocenters. The maximum atomic E-state index is 11.6. The predicted octanol–water partition coefficient (Wildman–Crippen LogP) is 3.12. The number of nitro benzene ring substituents is 1. The van der Waals surface area contributed by atoms with Gasteiger partial charge in [-0.3, -0.25) is 10.1 Å². The summed E-state index contributed by atoms with van der Waals surface area (Å²) in [6, 6.07) is 5.98. The highest BCUT2D eigenvalue weighted by atomic mass is 16.6. The third kappa shape index (κ3) is 4.39. The number of carbonyl (C=O) groups excluding carboxylic acids is 1. The van der Waals surface area contributed by atoms with Gasteiger partial charge in [-0.1, -0.05) is 6.08 Å². The van der Waals surface area contributed by atoms with Crippen molar-refractivity contribution in [2.45, 2.75) is 12.8 Å². The molecule has 0 radical (unpaired) electrons. The highest BCUT2D eigenvalue weighted by Crippen LogP contribution is 2.17. The Morgan fingerprint density at radius 2 is 2.05 bits per heavy atom. The molecule has 0 saturated carbocycles. The number of carbonyl (C=O) groups is 1. The van der Waals surface area contributed by atoms with Crippen molar-refractivity contribution in [3.63, 3.8) is 0 Å². The van der Waals surface area contributed by atoms with Gasteiger partial charge in [-0.2, -0.15) is 0 Å². The summed E-state index contributed by atoms with van der Waals surface area (Å²) in [5, 5.41) is 10.5. The molecule has 0 bridgehead atoms. The molecule has 0 saturated heterocycles. The van der Waals surface area contributed by atoms with Gasteiger partial charge in [0.2, 0.25) is 0 Å². The van der Waals surface area contributed by atoms with Crippen LogP contribution < -0.4 is 0 Å². The minimum atomic E-state index is -0.466. The highest BCUT2D eigenvalue weighted by Gasteiger charge is 2.09. The largest absolute Gasteiger partial charge is 0.466 e. The van der Waals surface area contributed by atoms with Crippen LogP contribution in [0.4, 0.5) is 5.69 Å². The Morgan fingerprint density at radius 3 is 2.53 bits per heavy atom. The van der Waals surface area contributed by atoms with Crippen LogP contribution in [0.15, 0.2) is 42.5 Å². The number of nitro groups is 1. The van der Waals surface area contributed by atoms with Crippen LogP contribution >= 0.6 is 0 Å². The standard InChI is InChI=1S/C14H15NO4/c1-3-4-5-12(14(16)19-2)10-11-6-8-13(9-7-11)15(17)18/h3,6-10H,1,4-5H2,2H3/b12-10+. The minimum absolute atomic E-state index is 0.0165. The number of esters is 1. The van der Waals surface area contributed by atoms with Crippen LogP contribution in [-0.2, 0) is 9.53 Å². The summed E-state index contributed by atoms with van der Waals surface area (Å²) >= 11 is 0. The monoisotopic (exact) mass is 261 g/mol. The number of nitrogens with zero attached hydrogens (tertiary/aromatic N) is 1. The zero-order valence-electron chi connectivity index (χ0n) is 10.7. The van der Waals surface area contributed by atoms with Gasteiger partial charge >= 0.3 is 5.97 Å². The molecule has 100 valence electrons. The minimum Gasteiger partial charge on any atom is -0.466 e. The number of methoxy groups -OCH3 is 1. The molecule has 0 N–H and O–H groups in total. The Balaban J connectivity index is 2.96. The number of allylic oxidation sites excluding steroid dienone is 1. The molecule has 0 fully saturated rings. The Labute approximate surface area is 111 Å². The molecule has 0 aliphatic carbocycles. The predicted molar refractivity (Wildman–Crippen MR) is 72.5 cm³/mol. The molecule has 0 aliphatic rings. The van der Waals surface area contributed by atoms with E-state index in [1.807, 2.05) is 0 Å². The van der Waals surface area contributed by atoms with Crippen molar-refractivity contribution in [2.75, 3.05) is 7.11 Å². The average molecular weight is 261 g/mol. The number of rotatable bonds is 6. The quantitative estimate of drug-likeness (QED) is 0.259. The third-order valence-corrected chi connectivity index (χ3v) is 2.51. The van der Waals surface area contributed by atoms with Gasteiger partial charge < -0.3 is 4.74 Å². The average Bonchev–Trinajstić information content (AvgIpc) is 2.43. The molecule has 0 spiro atoms. The fourth-order valence-corrected chi connectivity index (χ4v) is 1.52. The number of hydrogen-bond donors (Lipinski definition) is 0. The van der Waals surface area contributed by atoms with E-state index in [4.69, 9.17) is 4.74 Å². The zero-order chi connectivity index (χ0) is 14.3. The highest BCUT2D eigenvalue weighted by molar-refractivity contribution is 5.93. The van der Waals surface area contributed by atoms with Gasteiger partial charge in [0.1, 0.15) is 0 Å². The summed E-state index contributed by atoms with van der Waals surface area (Å²) < 4.78 is 4.69. The number of hydrogen-bond acceptors (Lipinski definition) is 4. The van der Waals surface area contributed by atoms with Crippen LogP contribution in [-0.4, -0.2) is 18.0 Å². The molecule has 5 nitrogen and oxygen atoms in total. The molecule has 1 rings (SSSR count). The summed E-state index contributed by atoms with van der Waals surface area (Å²) in [4.78, 5) is 21.6. The van der Waals surface area contributed by atoms with E-state index in [0.717, 1.165) is 5.56 Å². The smallest absolute Gasteiger partial charge is 0.333 e. The van der Waals surface area contributed by atoms with Crippen molar-refractivity contribution in [1.29, 1.82) is 0 Å². The van der Waals surface area contributed by atoms with Gasteiger partial charge in [0, 0.05) is 17.7 Å². The molecule has 0 heterocycles. The molecule has 19 heavy (non-hydrogen) atoms. The van der Waals surface area contributed by atoms with E-state index in [2.05, 4.69) is 6.58 Å². The molecule has 1 aromatic carbocycles. The molecular weight excluding hydrogens is 246 g/mol. The van der Waals surface area contributed by atoms with Crippen LogP contribution in [0.3, 0.4) is 0 Å². The normalized spacial score (nSPS) is 10.9. The molecule has 0 aromatic heterocycles. The topological polar surface area (TPSA) is 69.4 Å². The van der Waals surface area contributed by atoms with Crippen LogP contribution in [0.5, 0.6) is 0 Å². The van der Waals surface area contributed by atoms with Crippen molar-refractivity contribution >= 4 is 17.7 Å². The van der Waals surface area contributed by atoms with Crippen LogP contribution in [0, 0.1) is 10.1 Å². The molecule has 0 amide bonds. The third-order valence-electron chi connectivity index (χ3n) is 2.51. The van der Waals surface area contributed by atoms with E-state index in [0.29, 0.717) is 18.4 Å². The zero-order valence-corrected chi connectivity index (χ0v) is 10.7. The van der Waals surface area contributed by atoms with Gasteiger partial charge in [0.05, 0.1) is 12.0 Å². The summed E-state index contributed by atoms with van der Waals surface area (Å²) in [5.74, 6) is -0.403. The van der Waals surface area contributed by atoms with E-state index in [1.165, 1.54) is 19.2 Å². The van der Waals surface area contributed by atoms with E-state index in [9.17, 15) is 14.9 Å². The second-order valence-electron chi connectivity index (χ2n) is 3.84. The Hall–Kier alpha value is -2.43. The van der Waals surface area contributed by atoms with Crippen molar-refractivity contribution in [2.24, 2.45) is 0 Å². The first-order chi connectivity index (χ1) is 9.08. The summed E-state index contributed by atoms with van der Waals surface area (Å²) in [6.07, 6.45) is 4.56. The summed E-state index contributed by atoms with van der Waals surface area (Å²) in [6.45, 7) is 3.60. The lowest BCUT2D eigenvalue weighted by Crippen LogP contribution is -2.04. The van der Waals surface area contributed by atoms with Crippen LogP contribution in [0.1, 0.15) is 18.4 Å². The van der Waals surface area contributed by atoms with Gasteiger partial charge in [-0.25, -0.2) is 4.79 Å². The van der Waals surface area contributed by atoms with E-state index in [-0.39, 0.29) is 5.69 Å². The fraction of sp³-hybridized carbons (Fsp3) is 0.214. The maximum Gasteiger partial charge on any atom is 0.333 e. The van der Waals surface area contributed by atoms with Crippen molar-refractivity contribution < 1.29 is 14.5 Å². The summed E-state index contributed by atoms with van der Waals surface area (Å²) in [5.41, 5.74) is 1.24. The van der Waals surface area contributed by atoms with Crippen molar-refractivity contribution in [1.82, 2.24) is 0 Å². The van der Waals surface area contributed by atoms with Gasteiger partial charge in [-0.05, 0) is 36.6 Å². The van der Waals surface area contributed by atoms with E-state index >= 15 is 0 Å². The number of ether oxygens (including phenoxy) is 1. The number of benzene rings is 1. The second-order valence-corrected chi connectivity index (χ2v) is 3.84. The molecular formula is C14H15NO4. The molecule has 1 aromatic rings. The summed E-state index contributed by atoms with van der Waals surface area (Å²) in [7, 11) is 1.32. The SMILES string of the molecule is C=CCC/C(=C\c1ccc([N+](=O)[O-])cc1)C(=O)OC. The van der Waals surface area contributed by atoms with Gasteiger partial charge in [0.25, 0.3) is 5.69 Å². The first-order valence-electron chi connectivity index (χ1n) is 5.72. The van der Waals surface area contributed by atoms with Gasteiger partial charge in [-0.15, -0.1) is 6.58 Å². The first-order valence-corrected chi connectivity index (χ1v) is 5.72. The lowest BCUT2D eigenvalue weighted by Gasteiger charge is -2.04. The fourth-order valence-electron chi connectivity index (χ4n) is 1.52. The lowest BCUT2D eigenvalue weighted by molar-refractivity contribution is -0.384. The van der Waals surface area contributed by atoms with E-state index in [1.54, 1.807) is 24.3 Å². The van der Waals surface area contributed by atoms with E-state index < -0.39 is 10.9 Å².